The minimum atomic E-state index is -3.67. The SMILES string of the molecule is O=S(=O)(c1no[n+]([O-])c1-c1ccccc1)C1CC[NH2+]CC1. The van der Waals surface area contributed by atoms with E-state index in [1.54, 1.807) is 30.3 Å². The van der Waals surface area contributed by atoms with Crippen LogP contribution in [0.4, 0.5) is 0 Å². The highest BCUT2D eigenvalue weighted by Gasteiger charge is 2.40. The van der Waals surface area contributed by atoms with E-state index in [9.17, 15) is 13.6 Å². The van der Waals surface area contributed by atoms with Crippen molar-refractivity contribution in [2.45, 2.75) is 23.1 Å². The molecule has 7 nitrogen and oxygen atoms in total. The highest BCUT2D eigenvalue weighted by Crippen LogP contribution is 2.27. The van der Waals surface area contributed by atoms with Crippen LogP contribution in [0.25, 0.3) is 11.3 Å². The van der Waals surface area contributed by atoms with Crippen molar-refractivity contribution in [2.75, 3.05) is 13.1 Å². The van der Waals surface area contributed by atoms with E-state index in [-0.39, 0.29) is 15.6 Å². The molecule has 112 valence electrons. The van der Waals surface area contributed by atoms with Gasteiger partial charge in [-0.3, -0.25) is 4.63 Å². The molecule has 2 aromatic rings. The van der Waals surface area contributed by atoms with E-state index in [1.165, 1.54) is 0 Å². The van der Waals surface area contributed by atoms with Gasteiger partial charge in [0.2, 0.25) is 15.5 Å². The number of hydrogen-bond acceptors (Lipinski definition) is 5. The lowest BCUT2D eigenvalue weighted by molar-refractivity contribution is -0.793. The third-order valence-electron chi connectivity index (χ3n) is 3.72. The molecule has 8 heteroatoms. The van der Waals surface area contributed by atoms with Crippen LogP contribution in [0.1, 0.15) is 12.8 Å². The molecule has 1 aromatic carbocycles. The molecule has 1 aliphatic rings. The van der Waals surface area contributed by atoms with Crippen molar-refractivity contribution >= 4 is 9.84 Å². The molecular formula is C13H16N3O4S+. The van der Waals surface area contributed by atoms with Crippen molar-refractivity contribution in [1.82, 2.24) is 5.16 Å². The Labute approximate surface area is 122 Å². The van der Waals surface area contributed by atoms with E-state index in [0.717, 1.165) is 13.1 Å². The Morgan fingerprint density at radius 2 is 1.90 bits per heavy atom. The molecule has 2 heterocycles. The Hall–Kier alpha value is -1.93. The van der Waals surface area contributed by atoms with E-state index in [1.807, 2.05) is 0 Å². The Kier molecular flexibility index (Phi) is 3.64. The zero-order valence-electron chi connectivity index (χ0n) is 11.3. The van der Waals surface area contributed by atoms with Gasteiger partial charge >= 0.3 is 5.03 Å². The molecular weight excluding hydrogens is 294 g/mol. The highest BCUT2D eigenvalue weighted by molar-refractivity contribution is 7.92. The molecule has 1 saturated heterocycles. The van der Waals surface area contributed by atoms with Crippen LogP contribution in [-0.2, 0) is 9.84 Å². The van der Waals surface area contributed by atoms with Gasteiger partial charge in [-0.15, -0.1) is 0 Å². The molecule has 0 aliphatic carbocycles. The highest BCUT2D eigenvalue weighted by atomic mass is 32.2. The van der Waals surface area contributed by atoms with E-state index in [2.05, 4.69) is 15.1 Å². The summed E-state index contributed by atoms with van der Waals surface area (Å²) in [4.78, 5) is 0.164. The van der Waals surface area contributed by atoms with Gasteiger partial charge in [-0.2, -0.15) is 0 Å². The first-order valence-corrected chi connectivity index (χ1v) is 8.36. The fraction of sp³-hybridized carbons (Fsp3) is 0.385. The standard InChI is InChI=1S/C13H15N3O4S/c17-16-12(10-4-2-1-3-5-10)13(15-20-16)21(18,19)11-6-8-14-9-7-11/h1-5,11,14H,6-9H2/p+1. The fourth-order valence-corrected chi connectivity index (χ4v) is 4.42. The molecule has 0 saturated carbocycles. The lowest BCUT2D eigenvalue weighted by atomic mass is 10.2. The number of sulfone groups is 1. The summed E-state index contributed by atoms with van der Waals surface area (Å²) in [7, 11) is -3.67. The predicted molar refractivity (Wildman–Crippen MR) is 72.8 cm³/mol. The van der Waals surface area contributed by atoms with Gasteiger partial charge in [0.25, 0.3) is 0 Å². The first-order chi connectivity index (χ1) is 10.1. The molecule has 1 aromatic heterocycles. The average molecular weight is 310 g/mol. The van der Waals surface area contributed by atoms with Crippen LogP contribution in [0.3, 0.4) is 0 Å². The summed E-state index contributed by atoms with van der Waals surface area (Å²) in [5.74, 6) is 0. The van der Waals surface area contributed by atoms with Crippen LogP contribution in [0.5, 0.6) is 0 Å². The third-order valence-corrected chi connectivity index (χ3v) is 5.88. The number of piperidine rings is 1. The van der Waals surface area contributed by atoms with Crippen LogP contribution in [-0.4, -0.2) is 31.9 Å². The smallest absolute Gasteiger partial charge is 0.339 e. The van der Waals surface area contributed by atoms with Crippen molar-refractivity contribution < 1.29 is 23.3 Å². The Morgan fingerprint density at radius 3 is 2.57 bits per heavy atom. The number of rotatable bonds is 3. The monoisotopic (exact) mass is 310 g/mol. The number of nitrogens with two attached hydrogens (primary N) is 1. The maximum Gasteiger partial charge on any atom is 0.339 e. The molecule has 0 spiro atoms. The fourth-order valence-electron chi connectivity index (χ4n) is 2.61. The van der Waals surface area contributed by atoms with E-state index >= 15 is 0 Å². The number of nitrogens with zero attached hydrogens (tertiary/aromatic N) is 2. The first-order valence-electron chi connectivity index (χ1n) is 6.81. The minimum Gasteiger partial charge on any atom is -0.359 e. The molecule has 3 rings (SSSR count). The molecule has 0 unspecified atom stereocenters. The van der Waals surface area contributed by atoms with Crippen LogP contribution in [0, 0.1) is 5.21 Å². The summed E-state index contributed by atoms with van der Waals surface area (Å²) in [5.41, 5.74) is 0.444. The molecule has 0 atom stereocenters. The van der Waals surface area contributed by atoms with Crippen molar-refractivity contribution in [3.8, 4) is 11.3 Å². The molecule has 1 aliphatic heterocycles. The maximum atomic E-state index is 12.7. The lowest BCUT2D eigenvalue weighted by Crippen LogP contribution is -2.87. The summed E-state index contributed by atoms with van der Waals surface area (Å²) in [6.07, 6.45) is 1.12. The third kappa shape index (κ3) is 2.52. The second kappa shape index (κ2) is 5.45. The quantitative estimate of drug-likeness (QED) is 0.768. The van der Waals surface area contributed by atoms with Crippen LogP contribution >= 0.6 is 0 Å². The van der Waals surface area contributed by atoms with Crippen LogP contribution < -0.4 is 10.2 Å². The summed E-state index contributed by atoms with van der Waals surface area (Å²) in [5, 5.41) is 16.6. The number of benzene rings is 1. The molecule has 0 amide bonds. The molecule has 0 radical (unpaired) electrons. The van der Waals surface area contributed by atoms with E-state index < -0.39 is 15.1 Å². The summed E-state index contributed by atoms with van der Waals surface area (Å²) < 4.78 is 30.0. The normalized spacial score (nSPS) is 17.0. The second-order valence-corrected chi connectivity index (χ2v) is 7.20. The van der Waals surface area contributed by atoms with Gasteiger partial charge in [-0.05, 0) is 4.90 Å². The van der Waals surface area contributed by atoms with Crippen molar-refractivity contribution in [2.24, 2.45) is 0 Å². The number of hydrogen-bond donors (Lipinski definition) is 1. The van der Waals surface area contributed by atoms with Gasteiger partial charge in [0.05, 0.1) is 23.5 Å². The Balaban J connectivity index is 2.07. The van der Waals surface area contributed by atoms with Gasteiger partial charge < -0.3 is 10.5 Å². The first kappa shape index (κ1) is 14.0. The van der Waals surface area contributed by atoms with Crippen molar-refractivity contribution in [3.05, 3.63) is 35.5 Å². The zero-order chi connectivity index (χ0) is 14.9. The van der Waals surface area contributed by atoms with E-state index in [4.69, 9.17) is 0 Å². The van der Waals surface area contributed by atoms with Crippen molar-refractivity contribution in [3.63, 3.8) is 0 Å². The predicted octanol–water partition coefficient (Wildman–Crippen LogP) is -0.525. The van der Waals surface area contributed by atoms with E-state index in [0.29, 0.717) is 18.4 Å². The minimum absolute atomic E-state index is 0.0369. The van der Waals surface area contributed by atoms with Gasteiger partial charge in [0.1, 0.15) is 0 Å². The van der Waals surface area contributed by atoms with Crippen molar-refractivity contribution in [1.29, 1.82) is 0 Å². The number of quaternary nitrogens is 1. The van der Waals surface area contributed by atoms with Gasteiger partial charge in [0.15, 0.2) is 0 Å². The lowest BCUT2D eigenvalue weighted by Gasteiger charge is -2.18. The summed E-state index contributed by atoms with van der Waals surface area (Å²) in [6.45, 7) is 1.53. The van der Waals surface area contributed by atoms with Crippen LogP contribution in [0.2, 0.25) is 0 Å². The number of aromatic nitrogens is 2. The molecule has 2 N–H and O–H groups in total. The van der Waals surface area contributed by atoms with Gasteiger partial charge in [-0.25, -0.2) is 8.42 Å². The maximum absolute atomic E-state index is 12.7. The average Bonchev–Trinajstić information content (AvgIpc) is 2.91. The molecule has 21 heavy (non-hydrogen) atoms. The van der Waals surface area contributed by atoms with Crippen LogP contribution in [0.15, 0.2) is 40.0 Å². The van der Waals surface area contributed by atoms with Gasteiger partial charge in [0, 0.05) is 18.4 Å². The van der Waals surface area contributed by atoms with Gasteiger partial charge in [-0.1, -0.05) is 30.3 Å². The summed E-state index contributed by atoms with van der Waals surface area (Å²) in [6, 6.07) is 8.57. The topological polar surface area (TPSA) is 104 Å². The molecule has 1 fully saturated rings. The molecule has 0 bridgehead atoms. The second-order valence-electron chi connectivity index (χ2n) is 5.06. The largest absolute Gasteiger partial charge is 0.359 e. The zero-order valence-corrected chi connectivity index (χ0v) is 12.1. The Morgan fingerprint density at radius 1 is 1.24 bits per heavy atom. The Bertz CT molecular complexity index is 721. The summed E-state index contributed by atoms with van der Waals surface area (Å²) >= 11 is 0.